The van der Waals surface area contributed by atoms with E-state index >= 15 is 0 Å². The number of alkyl halides is 1. The maximum Gasteiger partial charge on any atom is 0.142 e. The van der Waals surface area contributed by atoms with Gasteiger partial charge in [-0.15, -0.1) is 11.6 Å². The monoisotopic (exact) mass is 208 g/mol. The van der Waals surface area contributed by atoms with Gasteiger partial charge in [-0.3, -0.25) is 0 Å². The van der Waals surface area contributed by atoms with Crippen LogP contribution in [0.1, 0.15) is 10.9 Å². The Bertz CT molecular complexity index is 317. The lowest BCUT2D eigenvalue weighted by molar-refractivity contribution is -0.107. The molecule has 1 nitrogen and oxygen atoms in total. The summed E-state index contributed by atoms with van der Waals surface area (Å²) in [6, 6.07) is 0.939. The van der Waals surface area contributed by atoms with Crippen molar-refractivity contribution in [2.45, 2.75) is 5.38 Å². The van der Waals surface area contributed by atoms with Gasteiger partial charge in [0.15, 0.2) is 0 Å². The molecule has 0 bridgehead atoms. The lowest BCUT2D eigenvalue weighted by Crippen LogP contribution is -2.01. The first-order valence-corrected chi connectivity index (χ1v) is 3.73. The van der Waals surface area contributed by atoms with Gasteiger partial charge in [0, 0.05) is 17.7 Å². The van der Waals surface area contributed by atoms with Crippen LogP contribution < -0.4 is 0 Å². The van der Waals surface area contributed by atoms with E-state index < -0.39 is 28.4 Å². The Kier molecular flexibility index (Phi) is 2.93. The zero-order valence-electron chi connectivity index (χ0n) is 6.23. The third kappa shape index (κ3) is 2.01. The molecule has 5 heteroatoms. The van der Waals surface area contributed by atoms with Gasteiger partial charge in [0.2, 0.25) is 0 Å². The minimum atomic E-state index is -1.43. The van der Waals surface area contributed by atoms with E-state index in [0.29, 0.717) is 12.1 Å². The highest BCUT2D eigenvalue weighted by molar-refractivity contribution is 6.27. The van der Waals surface area contributed by atoms with E-state index in [1.54, 1.807) is 0 Å². The van der Waals surface area contributed by atoms with Crippen LogP contribution in [0.3, 0.4) is 0 Å². The average Bonchev–Trinajstić information content (AvgIpc) is 2.02. The highest BCUT2D eigenvalue weighted by Gasteiger charge is 2.18. The summed E-state index contributed by atoms with van der Waals surface area (Å²) in [6.45, 7) is 0. The Hall–Kier alpha value is -1.03. The van der Waals surface area contributed by atoms with Gasteiger partial charge in [0.05, 0.1) is 0 Å². The van der Waals surface area contributed by atoms with Crippen LogP contribution in [-0.4, -0.2) is 6.29 Å². The number of carbonyl (C=O) groups is 1. The third-order valence-corrected chi connectivity index (χ3v) is 1.76. The Morgan fingerprint density at radius 3 is 2.08 bits per heavy atom. The van der Waals surface area contributed by atoms with Crippen molar-refractivity contribution in [3.05, 3.63) is 35.1 Å². The summed E-state index contributed by atoms with van der Waals surface area (Å²) in [5.74, 6) is -3.37. The molecule has 0 aromatic heterocycles. The van der Waals surface area contributed by atoms with Crippen LogP contribution in [0.25, 0.3) is 0 Å². The highest BCUT2D eigenvalue weighted by atomic mass is 35.5. The predicted molar refractivity (Wildman–Crippen MR) is 41.0 cm³/mol. The molecule has 1 atom stereocenters. The Morgan fingerprint density at radius 2 is 1.69 bits per heavy atom. The van der Waals surface area contributed by atoms with Crippen LogP contribution in [0.15, 0.2) is 12.1 Å². The van der Waals surface area contributed by atoms with Gasteiger partial charge >= 0.3 is 0 Å². The summed E-state index contributed by atoms with van der Waals surface area (Å²) in [5, 5.41) is -1.43. The normalized spacial score (nSPS) is 12.6. The molecule has 0 spiro atoms. The molecule has 1 aromatic rings. The number of carbonyl (C=O) groups excluding carboxylic acids is 1. The van der Waals surface area contributed by atoms with Crippen LogP contribution in [0.5, 0.6) is 0 Å². The average molecular weight is 209 g/mol. The third-order valence-electron chi connectivity index (χ3n) is 1.44. The van der Waals surface area contributed by atoms with Crippen molar-refractivity contribution < 1.29 is 18.0 Å². The van der Waals surface area contributed by atoms with Crippen LogP contribution in [0.4, 0.5) is 13.2 Å². The summed E-state index contributed by atoms with van der Waals surface area (Å²) in [4.78, 5) is 10.1. The first-order chi connectivity index (χ1) is 6.06. The molecule has 0 aliphatic carbocycles. The molecule has 0 saturated carbocycles. The number of benzene rings is 1. The fourth-order valence-corrected chi connectivity index (χ4v) is 1.09. The first-order valence-electron chi connectivity index (χ1n) is 3.30. The molecule has 70 valence electrons. The molecule has 1 rings (SSSR count). The molecule has 1 unspecified atom stereocenters. The number of hydrogen-bond donors (Lipinski definition) is 0. The molecule has 0 aliphatic heterocycles. The standard InChI is InChI=1S/C8H4ClF3O/c9-5(3-13)8-6(11)1-4(10)2-7(8)12/h1-3,5H. The van der Waals surface area contributed by atoms with E-state index in [9.17, 15) is 18.0 Å². The Morgan fingerprint density at radius 1 is 1.23 bits per heavy atom. The van der Waals surface area contributed by atoms with Gasteiger partial charge < -0.3 is 4.79 Å². The summed E-state index contributed by atoms with van der Waals surface area (Å²) in [6.07, 6.45) is 0.168. The van der Waals surface area contributed by atoms with Crippen molar-refractivity contribution in [1.29, 1.82) is 0 Å². The Balaban J connectivity index is 3.28. The van der Waals surface area contributed by atoms with Gasteiger partial charge in [0.25, 0.3) is 0 Å². The van der Waals surface area contributed by atoms with E-state index in [0.717, 1.165) is 0 Å². The van der Waals surface area contributed by atoms with Crippen molar-refractivity contribution in [2.75, 3.05) is 0 Å². The predicted octanol–water partition coefficient (Wildman–Crippen LogP) is 2.58. The van der Waals surface area contributed by atoms with Gasteiger partial charge in [-0.25, -0.2) is 13.2 Å². The zero-order chi connectivity index (χ0) is 10.0. The van der Waals surface area contributed by atoms with E-state index in [4.69, 9.17) is 11.6 Å². The van der Waals surface area contributed by atoms with Crippen LogP contribution in [0.2, 0.25) is 0 Å². The second-order valence-corrected chi connectivity index (χ2v) is 2.79. The number of aldehydes is 1. The molecule has 0 amide bonds. The fraction of sp³-hybridized carbons (Fsp3) is 0.125. The molecule has 13 heavy (non-hydrogen) atoms. The highest BCUT2D eigenvalue weighted by Crippen LogP contribution is 2.25. The van der Waals surface area contributed by atoms with Gasteiger partial charge in [-0.2, -0.15) is 0 Å². The second-order valence-electron chi connectivity index (χ2n) is 2.32. The topological polar surface area (TPSA) is 17.1 Å². The quantitative estimate of drug-likeness (QED) is 0.539. The second kappa shape index (κ2) is 3.79. The molecule has 0 fully saturated rings. The van der Waals surface area contributed by atoms with Crippen LogP contribution >= 0.6 is 11.6 Å². The lowest BCUT2D eigenvalue weighted by atomic mass is 10.1. The van der Waals surface area contributed by atoms with Crippen molar-refractivity contribution in [1.82, 2.24) is 0 Å². The van der Waals surface area contributed by atoms with E-state index in [1.165, 1.54) is 0 Å². The molecule has 0 heterocycles. The minimum absolute atomic E-state index is 0.168. The smallest absolute Gasteiger partial charge is 0.142 e. The van der Waals surface area contributed by atoms with Gasteiger partial charge in [-0.1, -0.05) is 0 Å². The summed E-state index contributed by atoms with van der Waals surface area (Å²) in [5.41, 5.74) is -0.627. The first kappa shape index (κ1) is 10.1. The Labute approximate surface area is 77.1 Å². The maximum atomic E-state index is 12.8. The number of rotatable bonds is 2. The lowest BCUT2D eigenvalue weighted by Gasteiger charge is -2.05. The van der Waals surface area contributed by atoms with E-state index in [2.05, 4.69) is 0 Å². The van der Waals surface area contributed by atoms with Gasteiger partial charge in [0.1, 0.15) is 29.1 Å². The maximum absolute atomic E-state index is 12.8. The number of hydrogen-bond acceptors (Lipinski definition) is 1. The minimum Gasteiger partial charge on any atom is -0.301 e. The number of halogens is 4. The molecule has 0 saturated heterocycles. The van der Waals surface area contributed by atoms with Crippen LogP contribution in [-0.2, 0) is 4.79 Å². The van der Waals surface area contributed by atoms with Crippen molar-refractivity contribution in [3.8, 4) is 0 Å². The molecule has 0 N–H and O–H groups in total. The molecule has 1 aromatic carbocycles. The van der Waals surface area contributed by atoms with Crippen LogP contribution in [0, 0.1) is 17.5 Å². The fourth-order valence-electron chi connectivity index (χ4n) is 0.885. The van der Waals surface area contributed by atoms with Crippen molar-refractivity contribution >= 4 is 17.9 Å². The van der Waals surface area contributed by atoms with Crippen molar-refractivity contribution in [2.24, 2.45) is 0 Å². The van der Waals surface area contributed by atoms with Crippen molar-refractivity contribution in [3.63, 3.8) is 0 Å². The zero-order valence-corrected chi connectivity index (χ0v) is 6.99. The SMILES string of the molecule is O=CC(Cl)c1c(F)cc(F)cc1F. The molecule has 0 aliphatic rings. The molecule has 0 radical (unpaired) electrons. The largest absolute Gasteiger partial charge is 0.301 e. The molecular formula is C8H4ClF3O. The van der Waals surface area contributed by atoms with Gasteiger partial charge in [-0.05, 0) is 0 Å². The summed E-state index contributed by atoms with van der Waals surface area (Å²) >= 11 is 5.28. The van der Waals surface area contributed by atoms with E-state index in [1.807, 2.05) is 0 Å². The van der Waals surface area contributed by atoms with E-state index in [-0.39, 0.29) is 6.29 Å². The summed E-state index contributed by atoms with van der Waals surface area (Å²) in [7, 11) is 0. The summed E-state index contributed by atoms with van der Waals surface area (Å²) < 4.78 is 38.0. The molecular weight excluding hydrogens is 205 g/mol.